The van der Waals surface area contributed by atoms with Gasteiger partial charge in [0.15, 0.2) is 0 Å². The molecule has 0 saturated carbocycles. The minimum atomic E-state index is -3.46. The lowest BCUT2D eigenvalue weighted by Crippen LogP contribution is -2.22. The van der Waals surface area contributed by atoms with Gasteiger partial charge in [0.2, 0.25) is 10.0 Å². The summed E-state index contributed by atoms with van der Waals surface area (Å²) in [5.74, 6) is -0.173. The standard InChI is InChI=1S/C17H22N2O3S2/c1-5-6-13-11-16(23-12(13)2)17(20)18-14-7-9-15(10-8-14)24(21,22)19(3)4/h7-11H,5-6H2,1-4H3,(H,18,20). The van der Waals surface area contributed by atoms with Gasteiger partial charge in [0.25, 0.3) is 5.91 Å². The fourth-order valence-corrected chi connectivity index (χ4v) is 4.13. The molecule has 0 aliphatic heterocycles. The second-order valence-electron chi connectivity index (χ2n) is 5.71. The number of benzene rings is 1. The van der Waals surface area contributed by atoms with Crippen LogP contribution in [-0.4, -0.2) is 32.7 Å². The summed E-state index contributed by atoms with van der Waals surface area (Å²) in [5.41, 5.74) is 1.78. The number of nitrogens with one attached hydrogen (secondary N) is 1. The molecule has 2 aromatic rings. The summed E-state index contributed by atoms with van der Waals surface area (Å²) < 4.78 is 25.2. The smallest absolute Gasteiger partial charge is 0.265 e. The number of thiophene rings is 1. The highest BCUT2D eigenvalue weighted by atomic mass is 32.2. The van der Waals surface area contributed by atoms with Crippen LogP contribution < -0.4 is 5.32 Å². The number of rotatable bonds is 6. The van der Waals surface area contributed by atoms with Gasteiger partial charge < -0.3 is 5.32 Å². The maximum atomic E-state index is 12.3. The van der Waals surface area contributed by atoms with Crippen molar-refractivity contribution < 1.29 is 13.2 Å². The van der Waals surface area contributed by atoms with E-state index in [4.69, 9.17) is 0 Å². The highest BCUT2D eigenvalue weighted by Crippen LogP contribution is 2.24. The average molecular weight is 367 g/mol. The molecule has 0 spiro atoms. The van der Waals surface area contributed by atoms with Crippen molar-refractivity contribution in [1.29, 1.82) is 0 Å². The Labute approximate surface area is 147 Å². The number of carbonyl (C=O) groups excluding carboxylic acids is 1. The van der Waals surface area contributed by atoms with Gasteiger partial charge in [-0.25, -0.2) is 12.7 Å². The Hall–Kier alpha value is -1.70. The van der Waals surface area contributed by atoms with Crippen LogP contribution in [0.25, 0.3) is 0 Å². The van der Waals surface area contributed by atoms with E-state index in [2.05, 4.69) is 12.2 Å². The summed E-state index contributed by atoms with van der Waals surface area (Å²) in [5, 5.41) is 2.81. The molecule has 0 fully saturated rings. The van der Waals surface area contributed by atoms with Gasteiger partial charge in [0.05, 0.1) is 9.77 Å². The van der Waals surface area contributed by atoms with Crippen molar-refractivity contribution >= 4 is 33.0 Å². The van der Waals surface area contributed by atoms with Gasteiger partial charge >= 0.3 is 0 Å². The van der Waals surface area contributed by atoms with Crippen molar-refractivity contribution in [3.8, 4) is 0 Å². The van der Waals surface area contributed by atoms with Crippen molar-refractivity contribution in [3.05, 3.63) is 45.6 Å². The number of hydrogen-bond acceptors (Lipinski definition) is 4. The van der Waals surface area contributed by atoms with Crippen molar-refractivity contribution in [1.82, 2.24) is 4.31 Å². The summed E-state index contributed by atoms with van der Waals surface area (Å²) in [6.07, 6.45) is 2.01. The van der Waals surface area contributed by atoms with Gasteiger partial charge in [-0.05, 0) is 49.2 Å². The van der Waals surface area contributed by atoms with Crippen LogP contribution in [0.3, 0.4) is 0 Å². The van der Waals surface area contributed by atoms with E-state index in [-0.39, 0.29) is 10.8 Å². The average Bonchev–Trinajstić information content (AvgIpc) is 2.89. The third-order valence-electron chi connectivity index (χ3n) is 3.65. The van der Waals surface area contributed by atoms with E-state index in [9.17, 15) is 13.2 Å². The van der Waals surface area contributed by atoms with Crippen molar-refractivity contribution in [2.24, 2.45) is 0 Å². The number of amides is 1. The predicted octanol–water partition coefficient (Wildman–Crippen LogP) is 3.51. The first-order valence-electron chi connectivity index (χ1n) is 7.69. The Morgan fingerprint density at radius 3 is 2.38 bits per heavy atom. The zero-order valence-corrected chi connectivity index (χ0v) is 15.9. The molecule has 0 aliphatic rings. The number of aryl methyl sites for hydroxylation is 2. The molecule has 0 atom stereocenters. The topological polar surface area (TPSA) is 66.5 Å². The summed E-state index contributed by atoms with van der Waals surface area (Å²) in [7, 11) is -0.492. The normalized spacial score (nSPS) is 11.7. The molecule has 0 unspecified atom stereocenters. The molecule has 1 amide bonds. The number of anilines is 1. The van der Waals surface area contributed by atoms with Gasteiger partial charge in [-0.15, -0.1) is 11.3 Å². The van der Waals surface area contributed by atoms with E-state index in [1.165, 1.54) is 43.1 Å². The van der Waals surface area contributed by atoms with Crippen LogP contribution in [0.4, 0.5) is 5.69 Å². The molecular formula is C17H22N2O3S2. The molecule has 130 valence electrons. The Bertz CT molecular complexity index is 822. The summed E-state index contributed by atoms with van der Waals surface area (Å²) >= 11 is 1.48. The minimum absolute atomic E-state index is 0.173. The van der Waals surface area contributed by atoms with Crippen molar-refractivity contribution in [2.45, 2.75) is 31.6 Å². The second kappa shape index (κ2) is 7.46. The Balaban J connectivity index is 2.14. The number of carbonyl (C=O) groups is 1. The van der Waals surface area contributed by atoms with Crippen molar-refractivity contribution in [2.75, 3.05) is 19.4 Å². The summed E-state index contributed by atoms with van der Waals surface area (Å²) in [6.45, 7) is 4.13. The fraction of sp³-hybridized carbons (Fsp3) is 0.353. The molecular weight excluding hydrogens is 344 g/mol. The lowest BCUT2D eigenvalue weighted by Gasteiger charge is -2.11. The lowest BCUT2D eigenvalue weighted by molar-refractivity contribution is 0.103. The third kappa shape index (κ3) is 4.03. The Kier molecular flexibility index (Phi) is 5.79. The van der Waals surface area contributed by atoms with Crippen LogP contribution in [0.5, 0.6) is 0 Å². The van der Waals surface area contributed by atoms with E-state index < -0.39 is 10.0 Å². The summed E-state index contributed by atoms with van der Waals surface area (Å²) in [6, 6.07) is 8.12. The molecule has 24 heavy (non-hydrogen) atoms. The van der Waals surface area contributed by atoms with Crippen LogP contribution in [0, 0.1) is 6.92 Å². The molecule has 0 saturated heterocycles. The second-order valence-corrected chi connectivity index (χ2v) is 9.12. The Morgan fingerprint density at radius 1 is 1.21 bits per heavy atom. The van der Waals surface area contributed by atoms with E-state index in [1.807, 2.05) is 13.0 Å². The highest BCUT2D eigenvalue weighted by Gasteiger charge is 2.17. The highest BCUT2D eigenvalue weighted by molar-refractivity contribution is 7.89. The van der Waals surface area contributed by atoms with Gasteiger partial charge in [0, 0.05) is 24.7 Å². The molecule has 0 aliphatic carbocycles. The largest absolute Gasteiger partial charge is 0.321 e. The van der Waals surface area contributed by atoms with Gasteiger partial charge in [-0.2, -0.15) is 0 Å². The first kappa shape index (κ1) is 18.6. The molecule has 0 bridgehead atoms. The SMILES string of the molecule is CCCc1cc(C(=O)Nc2ccc(S(=O)(=O)N(C)C)cc2)sc1C. The summed E-state index contributed by atoms with van der Waals surface area (Å²) in [4.78, 5) is 14.4. The third-order valence-corrected chi connectivity index (χ3v) is 6.58. The van der Waals surface area contributed by atoms with Crippen LogP contribution >= 0.6 is 11.3 Å². The first-order chi connectivity index (χ1) is 11.3. The molecule has 1 N–H and O–H groups in total. The molecule has 7 heteroatoms. The number of sulfonamides is 1. The van der Waals surface area contributed by atoms with E-state index in [0.29, 0.717) is 10.6 Å². The predicted molar refractivity (Wildman–Crippen MR) is 98.3 cm³/mol. The maximum Gasteiger partial charge on any atom is 0.265 e. The number of nitrogens with zero attached hydrogens (tertiary/aromatic N) is 1. The van der Waals surface area contributed by atoms with Crippen molar-refractivity contribution in [3.63, 3.8) is 0 Å². The van der Waals surface area contributed by atoms with E-state index in [1.54, 1.807) is 12.1 Å². The zero-order valence-electron chi connectivity index (χ0n) is 14.3. The molecule has 2 rings (SSSR count). The monoisotopic (exact) mass is 366 g/mol. The van der Waals surface area contributed by atoms with Gasteiger partial charge in [0.1, 0.15) is 0 Å². The number of hydrogen-bond donors (Lipinski definition) is 1. The van der Waals surface area contributed by atoms with E-state index in [0.717, 1.165) is 22.0 Å². The Morgan fingerprint density at radius 2 is 1.83 bits per heavy atom. The lowest BCUT2D eigenvalue weighted by atomic mass is 10.1. The molecule has 1 heterocycles. The van der Waals surface area contributed by atoms with Crippen LogP contribution in [-0.2, 0) is 16.4 Å². The van der Waals surface area contributed by atoms with Crippen LogP contribution in [0.1, 0.15) is 33.5 Å². The van der Waals surface area contributed by atoms with Gasteiger partial charge in [-0.1, -0.05) is 13.3 Å². The van der Waals surface area contributed by atoms with Crippen LogP contribution in [0.15, 0.2) is 35.2 Å². The molecule has 5 nitrogen and oxygen atoms in total. The van der Waals surface area contributed by atoms with E-state index >= 15 is 0 Å². The molecule has 1 aromatic carbocycles. The minimum Gasteiger partial charge on any atom is -0.321 e. The van der Waals surface area contributed by atoms with Gasteiger partial charge in [-0.3, -0.25) is 4.79 Å². The zero-order chi connectivity index (χ0) is 17.9. The first-order valence-corrected chi connectivity index (χ1v) is 9.94. The van der Waals surface area contributed by atoms with Crippen LogP contribution in [0.2, 0.25) is 0 Å². The maximum absolute atomic E-state index is 12.3. The molecule has 1 aromatic heterocycles. The molecule has 0 radical (unpaired) electrons. The fourth-order valence-electron chi connectivity index (χ4n) is 2.26. The quantitative estimate of drug-likeness (QED) is 0.851.